The van der Waals surface area contributed by atoms with Gasteiger partial charge in [-0.2, -0.15) is 0 Å². The Hall–Kier alpha value is -1.06. The minimum Gasteiger partial charge on any atom is -0.494 e. The lowest BCUT2D eigenvalue weighted by molar-refractivity contribution is 0.101. The molecule has 0 amide bonds. The van der Waals surface area contributed by atoms with Crippen LogP contribution >= 0.6 is 0 Å². The van der Waals surface area contributed by atoms with E-state index in [2.05, 4.69) is 56.9 Å². The number of rotatable bonds is 9. The molecule has 3 nitrogen and oxygen atoms in total. The van der Waals surface area contributed by atoms with Gasteiger partial charge in [0, 0.05) is 32.7 Å². The van der Waals surface area contributed by atoms with Crippen LogP contribution in [0.5, 0.6) is 5.75 Å². The highest BCUT2D eigenvalue weighted by Gasteiger charge is 2.15. The number of ether oxygens (including phenoxy) is 2. The van der Waals surface area contributed by atoms with Crippen LogP contribution in [0.25, 0.3) is 0 Å². The summed E-state index contributed by atoms with van der Waals surface area (Å²) in [6, 6.07) is 8.46. The van der Waals surface area contributed by atoms with E-state index in [1.807, 2.05) is 0 Å². The number of nitrogens with zero attached hydrogens (tertiary/aromatic N) is 1. The summed E-state index contributed by atoms with van der Waals surface area (Å²) in [5.74, 6) is 1.82. The van der Waals surface area contributed by atoms with Crippen molar-refractivity contribution in [3.63, 3.8) is 0 Å². The fourth-order valence-corrected chi connectivity index (χ4v) is 3.38. The molecule has 1 saturated heterocycles. The maximum atomic E-state index is 5.80. The van der Waals surface area contributed by atoms with Gasteiger partial charge < -0.3 is 14.4 Å². The van der Waals surface area contributed by atoms with Crippen LogP contribution in [0.4, 0.5) is 0 Å². The van der Waals surface area contributed by atoms with E-state index >= 15 is 0 Å². The predicted octanol–water partition coefficient (Wildman–Crippen LogP) is 4.89. The van der Waals surface area contributed by atoms with Gasteiger partial charge in [0.15, 0.2) is 0 Å². The van der Waals surface area contributed by atoms with Crippen molar-refractivity contribution >= 4 is 0 Å². The molecule has 1 aromatic carbocycles. The number of likely N-dealkylation sites (tertiary alicyclic amines) is 1. The Morgan fingerprint density at radius 1 is 1.04 bits per heavy atom. The summed E-state index contributed by atoms with van der Waals surface area (Å²) in [5, 5.41) is 0. The Balaban J connectivity index is 1.48. The summed E-state index contributed by atoms with van der Waals surface area (Å²) in [7, 11) is 0. The summed E-state index contributed by atoms with van der Waals surface area (Å²) >= 11 is 0. The molecular weight excluding hydrogens is 310 g/mol. The largest absolute Gasteiger partial charge is 0.494 e. The zero-order chi connectivity index (χ0) is 18.1. The average molecular weight is 348 g/mol. The van der Waals surface area contributed by atoms with Crippen LogP contribution in [0.15, 0.2) is 24.3 Å². The fourth-order valence-electron chi connectivity index (χ4n) is 3.38. The van der Waals surface area contributed by atoms with Gasteiger partial charge in [-0.1, -0.05) is 39.8 Å². The summed E-state index contributed by atoms with van der Waals surface area (Å²) in [6.45, 7) is 15.1. The van der Waals surface area contributed by atoms with Crippen molar-refractivity contribution in [1.82, 2.24) is 4.90 Å². The standard InChI is InChI=1S/C22H37NO2/c1-19-8-5-13-23(18-19)14-6-15-24-16-7-17-25-21-11-9-20(10-12-21)22(2,3)4/h9-12,19H,5-8,13-18H2,1-4H3. The van der Waals surface area contributed by atoms with Gasteiger partial charge in [-0.15, -0.1) is 0 Å². The van der Waals surface area contributed by atoms with E-state index < -0.39 is 0 Å². The maximum Gasteiger partial charge on any atom is 0.119 e. The van der Waals surface area contributed by atoms with Gasteiger partial charge >= 0.3 is 0 Å². The maximum absolute atomic E-state index is 5.80. The molecule has 142 valence electrons. The van der Waals surface area contributed by atoms with Gasteiger partial charge in [-0.05, 0) is 54.8 Å². The van der Waals surface area contributed by atoms with Crippen LogP contribution in [0.3, 0.4) is 0 Å². The van der Waals surface area contributed by atoms with Crippen molar-refractivity contribution in [2.75, 3.05) is 39.5 Å². The first kappa shape index (κ1) is 20.3. The molecule has 0 spiro atoms. The molecule has 3 heteroatoms. The summed E-state index contributed by atoms with van der Waals surface area (Å²) in [4.78, 5) is 2.59. The zero-order valence-electron chi connectivity index (χ0n) is 16.7. The third kappa shape index (κ3) is 7.79. The van der Waals surface area contributed by atoms with Gasteiger partial charge in [0.1, 0.15) is 5.75 Å². The highest BCUT2D eigenvalue weighted by Crippen LogP contribution is 2.24. The molecule has 1 fully saturated rings. The third-order valence-corrected chi connectivity index (χ3v) is 4.93. The molecule has 1 aliphatic rings. The normalized spacial score (nSPS) is 19.1. The second-order valence-electron chi connectivity index (χ2n) is 8.49. The fraction of sp³-hybridized carbons (Fsp3) is 0.727. The second-order valence-corrected chi connectivity index (χ2v) is 8.49. The molecule has 1 aliphatic heterocycles. The van der Waals surface area contributed by atoms with E-state index in [-0.39, 0.29) is 5.41 Å². The van der Waals surface area contributed by atoms with E-state index in [1.165, 1.54) is 38.0 Å². The molecule has 1 atom stereocenters. The highest BCUT2D eigenvalue weighted by atomic mass is 16.5. The average Bonchev–Trinajstić information content (AvgIpc) is 2.57. The van der Waals surface area contributed by atoms with Crippen LogP contribution in [0.2, 0.25) is 0 Å². The molecule has 1 heterocycles. The Bertz CT molecular complexity index is 478. The van der Waals surface area contributed by atoms with Crippen molar-refractivity contribution in [3.8, 4) is 5.75 Å². The molecule has 0 aromatic heterocycles. The molecule has 0 radical (unpaired) electrons. The predicted molar refractivity (Wildman–Crippen MR) is 106 cm³/mol. The smallest absolute Gasteiger partial charge is 0.119 e. The molecule has 1 aromatic rings. The summed E-state index contributed by atoms with van der Waals surface area (Å²) in [6.07, 6.45) is 4.84. The van der Waals surface area contributed by atoms with Crippen molar-refractivity contribution in [2.24, 2.45) is 5.92 Å². The van der Waals surface area contributed by atoms with E-state index in [1.54, 1.807) is 0 Å². The van der Waals surface area contributed by atoms with E-state index in [0.29, 0.717) is 0 Å². The first-order valence-electron chi connectivity index (χ1n) is 9.98. The third-order valence-electron chi connectivity index (χ3n) is 4.93. The molecule has 1 unspecified atom stereocenters. The Labute approximate surface area is 154 Å². The number of hydrogen-bond donors (Lipinski definition) is 0. The molecule has 2 rings (SSSR count). The lowest BCUT2D eigenvalue weighted by Gasteiger charge is -2.30. The minimum absolute atomic E-state index is 0.193. The summed E-state index contributed by atoms with van der Waals surface area (Å²) < 4.78 is 11.5. The van der Waals surface area contributed by atoms with E-state index in [4.69, 9.17) is 9.47 Å². The number of piperidine rings is 1. The Morgan fingerprint density at radius 3 is 2.44 bits per heavy atom. The molecule has 0 N–H and O–H groups in total. The lowest BCUT2D eigenvalue weighted by Crippen LogP contribution is -2.35. The second kappa shape index (κ2) is 10.2. The van der Waals surface area contributed by atoms with Gasteiger partial charge in [-0.3, -0.25) is 0 Å². The van der Waals surface area contributed by atoms with Crippen molar-refractivity contribution < 1.29 is 9.47 Å². The highest BCUT2D eigenvalue weighted by molar-refractivity contribution is 5.31. The molecule has 0 bridgehead atoms. The summed E-state index contributed by atoms with van der Waals surface area (Å²) in [5.41, 5.74) is 1.53. The zero-order valence-corrected chi connectivity index (χ0v) is 16.7. The van der Waals surface area contributed by atoms with Crippen LogP contribution in [-0.4, -0.2) is 44.4 Å². The van der Waals surface area contributed by atoms with Crippen molar-refractivity contribution in [2.45, 2.75) is 58.8 Å². The van der Waals surface area contributed by atoms with E-state index in [9.17, 15) is 0 Å². The van der Waals surface area contributed by atoms with Gasteiger partial charge in [0.05, 0.1) is 6.61 Å². The lowest BCUT2D eigenvalue weighted by atomic mass is 9.87. The monoisotopic (exact) mass is 347 g/mol. The van der Waals surface area contributed by atoms with Crippen molar-refractivity contribution in [3.05, 3.63) is 29.8 Å². The van der Waals surface area contributed by atoms with E-state index in [0.717, 1.165) is 44.3 Å². The van der Waals surface area contributed by atoms with Gasteiger partial charge in [0.2, 0.25) is 0 Å². The first-order valence-corrected chi connectivity index (χ1v) is 9.98. The minimum atomic E-state index is 0.193. The molecule has 25 heavy (non-hydrogen) atoms. The quantitative estimate of drug-likeness (QED) is 0.594. The molecular formula is C22H37NO2. The number of hydrogen-bond acceptors (Lipinski definition) is 3. The van der Waals surface area contributed by atoms with Gasteiger partial charge in [-0.25, -0.2) is 0 Å². The number of benzene rings is 1. The SMILES string of the molecule is CC1CCCN(CCCOCCCOc2ccc(C(C)(C)C)cc2)C1. The Kier molecular flexibility index (Phi) is 8.25. The van der Waals surface area contributed by atoms with Crippen molar-refractivity contribution in [1.29, 1.82) is 0 Å². The van der Waals surface area contributed by atoms with Crippen LogP contribution in [-0.2, 0) is 10.2 Å². The van der Waals surface area contributed by atoms with Crippen LogP contribution in [0, 0.1) is 5.92 Å². The van der Waals surface area contributed by atoms with Gasteiger partial charge in [0.25, 0.3) is 0 Å². The van der Waals surface area contributed by atoms with Crippen LogP contribution < -0.4 is 4.74 Å². The molecule has 0 saturated carbocycles. The Morgan fingerprint density at radius 2 is 1.76 bits per heavy atom. The topological polar surface area (TPSA) is 21.7 Å². The first-order chi connectivity index (χ1) is 11.9. The van der Waals surface area contributed by atoms with Crippen LogP contribution in [0.1, 0.15) is 58.9 Å². The molecule has 0 aliphatic carbocycles.